The fraction of sp³-hybridized carbons (Fsp3) is 0.700. The molecule has 0 heterocycles. The zero-order valence-corrected chi connectivity index (χ0v) is 11.3. The summed E-state index contributed by atoms with van der Waals surface area (Å²) in [4.78, 5) is 11.0. The normalized spacial score (nSPS) is 13.9. The van der Waals surface area contributed by atoms with Gasteiger partial charge in [0.2, 0.25) is 0 Å². The van der Waals surface area contributed by atoms with Crippen LogP contribution in [0.2, 0.25) is 0 Å². The van der Waals surface area contributed by atoms with Crippen LogP contribution in [-0.2, 0) is 24.4 Å². The Morgan fingerprint density at radius 3 is 2.42 bits per heavy atom. The maximum absolute atomic E-state index is 13.0. The summed E-state index contributed by atoms with van der Waals surface area (Å²) < 4.78 is 66.0. The van der Waals surface area contributed by atoms with E-state index in [1.54, 1.807) is 0 Å². The third-order valence-corrected chi connectivity index (χ3v) is 2.61. The molecule has 0 bridgehead atoms. The first kappa shape index (κ1) is 17.9. The van der Waals surface area contributed by atoms with E-state index in [-0.39, 0.29) is 5.57 Å². The lowest BCUT2D eigenvalue weighted by atomic mass is 10.3. The molecule has 0 radical (unpaired) electrons. The van der Waals surface area contributed by atoms with Gasteiger partial charge in [-0.15, -0.1) is 0 Å². The average molecular weight is 301 g/mol. The summed E-state index contributed by atoms with van der Waals surface area (Å²) in [5.74, 6) is -6.21. The summed E-state index contributed by atoms with van der Waals surface area (Å²) in [5, 5.41) is 0. The van der Waals surface area contributed by atoms with Gasteiger partial charge in [0.05, 0.1) is 6.61 Å². The van der Waals surface area contributed by atoms with E-state index in [1.807, 2.05) is 0 Å². The van der Waals surface area contributed by atoms with E-state index in [2.05, 4.69) is 11.3 Å². The highest BCUT2D eigenvalue weighted by atomic mass is 32.2. The van der Waals surface area contributed by atoms with E-state index >= 15 is 0 Å². The Kier molecular flexibility index (Phi) is 6.53. The first-order chi connectivity index (χ1) is 8.43. The topological polar surface area (TPSA) is 92.7 Å². The average Bonchev–Trinajstić information content (AvgIpc) is 2.12. The van der Waals surface area contributed by atoms with Crippen molar-refractivity contribution in [2.45, 2.75) is 32.5 Å². The van der Waals surface area contributed by atoms with Gasteiger partial charge in [-0.05, 0) is 13.8 Å². The largest absolute Gasteiger partial charge is 0.748 e. The lowest BCUT2D eigenvalue weighted by Gasteiger charge is -2.19. The molecular formula is C10H15F2O6S-. The smallest absolute Gasteiger partial charge is 0.335 e. The van der Waals surface area contributed by atoms with Crippen LogP contribution in [0.1, 0.15) is 20.3 Å². The minimum atomic E-state index is -5.02. The molecule has 0 aromatic heterocycles. The molecule has 112 valence electrons. The molecule has 0 N–H and O–H groups in total. The highest BCUT2D eigenvalue weighted by molar-refractivity contribution is 7.85. The van der Waals surface area contributed by atoms with E-state index in [9.17, 15) is 26.5 Å². The molecule has 0 aliphatic rings. The molecule has 0 rings (SSSR count). The van der Waals surface area contributed by atoms with Gasteiger partial charge in [-0.3, -0.25) is 0 Å². The zero-order chi connectivity index (χ0) is 15.3. The maximum atomic E-state index is 13.0. The van der Waals surface area contributed by atoms with Gasteiger partial charge < -0.3 is 14.0 Å². The number of halogens is 2. The predicted octanol–water partition coefficient (Wildman–Crippen LogP) is 1.04. The minimum Gasteiger partial charge on any atom is -0.748 e. The number of alkyl halides is 2. The number of carbonyl (C=O) groups is 1. The Labute approximate surface area is 110 Å². The summed E-state index contributed by atoms with van der Waals surface area (Å²) in [7, 11) is -5.02. The molecule has 0 amide bonds. The molecular weight excluding hydrogens is 286 g/mol. The molecule has 0 spiro atoms. The predicted molar refractivity (Wildman–Crippen MR) is 60.4 cm³/mol. The number of hydrogen-bond acceptors (Lipinski definition) is 6. The van der Waals surface area contributed by atoms with Crippen LogP contribution in [0.4, 0.5) is 8.78 Å². The molecule has 6 nitrogen and oxygen atoms in total. The van der Waals surface area contributed by atoms with Crippen LogP contribution in [-0.4, -0.2) is 43.5 Å². The summed E-state index contributed by atoms with van der Waals surface area (Å²) in [6, 6.07) is 0. The second-order valence-corrected chi connectivity index (χ2v) is 5.34. The van der Waals surface area contributed by atoms with Gasteiger partial charge in [0, 0.05) is 12.0 Å². The summed E-state index contributed by atoms with van der Waals surface area (Å²) in [5.41, 5.74) is 0.123. The van der Waals surface area contributed by atoms with Crippen molar-refractivity contribution in [1.82, 2.24) is 0 Å². The molecule has 0 saturated carbocycles. The molecule has 9 heteroatoms. The minimum absolute atomic E-state index is 0.123. The highest BCUT2D eigenvalue weighted by Gasteiger charge is 2.31. The van der Waals surface area contributed by atoms with Crippen molar-refractivity contribution in [2.24, 2.45) is 0 Å². The standard InChI is InChI=1S/C10H16F2O6S/c1-7(2)9(13)18-8(3)17-5-4-10(11,12)6-19(14,15)16/h8H,1,4-6H2,2-3H3,(H,14,15,16)/p-1. The third kappa shape index (κ3) is 9.51. The van der Waals surface area contributed by atoms with Crippen molar-refractivity contribution in [3.05, 3.63) is 12.2 Å². The fourth-order valence-corrected chi connectivity index (χ4v) is 1.65. The van der Waals surface area contributed by atoms with Gasteiger partial charge in [-0.1, -0.05) is 6.58 Å². The molecule has 0 fully saturated rings. The van der Waals surface area contributed by atoms with Crippen LogP contribution in [0.5, 0.6) is 0 Å². The second-order valence-electron chi connectivity index (χ2n) is 3.93. The highest BCUT2D eigenvalue weighted by Crippen LogP contribution is 2.20. The van der Waals surface area contributed by atoms with Crippen LogP contribution in [0.15, 0.2) is 12.2 Å². The lowest BCUT2D eigenvalue weighted by molar-refractivity contribution is -0.172. The van der Waals surface area contributed by atoms with Crippen molar-refractivity contribution in [1.29, 1.82) is 0 Å². The molecule has 0 saturated heterocycles. The summed E-state index contributed by atoms with van der Waals surface area (Å²) in [6.07, 6.45) is -2.05. The van der Waals surface area contributed by atoms with Crippen LogP contribution in [0, 0.1) is 0 Å². The van der Waals surface area contributed by atoms with Crippen molar-refractivity contribution in [3.8, 4) is 0 Å². The zero-order valence-electron chi connectivity index (χ0n) is 10.5. The molecule has 0 aliphatic carbocycles. The number of esters is 1. The van der Waals surface area contributed by atoms with Crippen molar-refractivity contribution in [2.75, 3.05) is 12.4 Å². The third-order valence-electron chi connectivity index (χ3n) is 1.83. The van der Waals surface area contributed by atoms with Crippen LogP contribution in [0.25, 0.3) is 0 Å². The van der Waals surface area contributed by atoms with E-state index in [0.717, 1.165) is 0 Å². The van der Waals surface area contributed by atoms with E-state index < -0.39 is 47.1 Å². The van der Waals surface area contributed by atoms with Crippen LogP contribution < -0.4 is 0 Å². The van der Waals surface area contributed by atoms with Crippen LogP contribution >= 0.6 is 0 Å². The van der Waals surface area contributed by atoms with Gasteiger partial charge >= 0.3 is 5.97 Å². The van der Waals surface area contributed by atoms with Crippen LogP contribution in [0.3, 0.4) is 0 Å². The molecule has 0 aliphatic heterocycles. The maximum Gasteiger partial charge on any atom is 0.335 e. The van der Waals surface area contributed by atoms with E-state index in [1.165, 1.54) is 13.8 Å². The summed E-state index contributed by atoms with van der Waals surface area (Å²) in [6.45, 7) is 5.47. The van der Waals surface area contributed by atoms with Gasteiger partial charge in [-0.25, -0.2) is 22.0 Å². The Bertz CT molecular complexity index is 431. The lowest BCUT2D eigenvalue weighted by Crippen LogP contribution is -2.30. The van der Waals surface area contributed by atoms with E-state index in [4.69, 9.17) is 4.74 Å². The first-order valence-electron chi connectivity index (χ1n) is 5.22. The number of rotatable bonds is 8. The SMILES string of the molecule is C=C(C)C(=O)OC(C)OCCC(F)(F)CS(=O)(=O)[O-]. The van der Waals surface area contributed by atoms with Crippen molar-refractivity contribution < 1.29 is 36.0 Å². The number of ether oxygens (including phenoxy) is 2. The monoisotopic (exact) mass is 301 g/mol. The van der Waals surface area contributed by atoms with Crippen molar-refractivity contribution in [3.63, 3.8) is 0 Å². The summed E-state index contributed by atoms with van der Waals surface area (Å²) >= 11 is 0. The first-order valence-corrected chi connectivity index (χ1v) is 6.80. The molecule has 0 aromatic rings. The molecule has 0 aromatic carbocycles. The van der Waals surface area contributed by atoms with Crippen molar-refractivity contribution >= 4 is 16.1 Å². The second kappa shape index (κ2) is 6.92. The van der Waals surface area contributed by atoms with E-state index in [0.29, 0.717) is 0 Å². The number of hydrogen-bond donors (Lipinski definition) is 0. The Hall–Kier alpha value is -1.06. The fourth-order valence-electron chi connectivity index (χ4n) is 0.990. The Balaban J connectivity index is 4.09. The molecule has 1 unspecified atom stereocenters. The van der Waals surface area contributed by atoms with Gasteiger partial charge in [0.1, 0.15) is 15.9 Å². The molecule has 1 atom stereocenters. The van der Waals surface area contributed by atoms with Gasteiger partial charge in [0.15, 0.2) is 6.29 Å². The molecule has 19 heavy (non-hydrogen) atoms. The Morgan fingerprint density at radius 1 is 1.47 bits per heavy atom. The Morgan fingerprint density at radius 2 is 2.00 bits per heavy atom. The quantitative estimate of drug-likeness (QED) is 0.288. The van der Waals surface area contributed by atoms with Gasteiger partial charge in [0.25, 0.3) is 5.92 Å². The van der Waals surface area contributed by atoms with Gasteiger partial charge in [-0.2, -0.15) is 0 Å². The number of carbonyl (C=O) groups excluding carboxylic acids is 1.